The van der Waals surface area contributed by atoms with Crippen LogP contribution in [0.1, 0.15) is 6.42 Å². The van der Waals surface area contributed by atoms with E-state index in [1.807, 2.05) is 0 Å². The van der Waals surface area contributed by atoms with Gasteiger partial charge in [-0.3, -0.25) is 0 Å². The molecule has 4 nitrogen and oxygen atoms in total. The summed E-state index contributed by atoms with van der Waals surface area (Å²) in [6.45, 7) is 1.47. The molecule has 15 heavy (non-hydrogen) atoms. The van der Waals surface area contributed by atoms with Gasteiger partial charge in [-0.15, -0.1) is 0 Å². The van der Waals surface area contributed by atoms with Gasteiger partial charge in [0.15, 0.2) is 0 Å². The van der Waals surface area contributed by atoms with Gasteiger partial charge >= 0.3 is 8.80 Å². The van der Waals surface area contributed by atoms with E-state index < -0.39 is 8.80 Å². The molecular formula is C9H18O4SSi. The van der Waals surface area contributed by atoms with Crippen molar-refractivity contribution in [1.82, 2.24) is 0 Å². The SMILES string of the molecule is CO[Si](CCCOCC1=CS1)(OC)OC. The number of hydrogen-bond acceptors (Lipinski definition) is 5. The fraction of sp³-hybridized carbons (Fsp3) is 0.778. The Kier molecular flexibility index (Phi) is 5.88. The van der Waals surface area contributed by atoms with E-state index in [2.05, 4.69) is 5.41 Å². The topological polar surface area (TPSA) is 36.9 Å². The summed E-state index contributed by atoms with van der Waals surface area (Å²) in [5, 5.41) is 2.10. The lowest BCUT2D eigenvalue weighted by Crippen LogP contribution is -2.42. The predicted octanol–water partition coefficient (Wildman–Crippen LogP) is 1.86. The first-order chi connectivity index (χ1) is 7.26. The highest BCUT2D eigenvalue weighted by Crippen LogP contribution is 2.33. The van der Waals surface area contributed by atoms with Gasteiger partial charge in [-0.1, -0.05) is 11.8 Å². The molecule has 1 aliphatic heterocycles. The summed E-state index contributed by atoms with van der Waals surface area (Å²) in [4.78, 5) is 1.32. The molecule has 0 radical (unpaired) electrons. The summed E-state index contributed by atoms with van der Waals surface area (Å²) >= 11 is 1.75. The zero-order valence-electron chi connectivity index (χ0n) is 9.45. The summed E-state index contributed by atoms with van der Waals surface area (Å²) in [6, 6.07) is 0.794. The van der Waals surface area contributed by atoms with Gasteiger partial charge in [0.1, 0.15) is 0 Å². The van der Waals surface area contributed by atoms with Crippen LogP contribution in [0.25, 0.3) is 0 Å². The van der Waals surface area contributed by atoms with Gasteiger partial charge in [0.2, 0.25) is 0 Å². The van der Waals surface area contributed by atoms with Gasteiger partial charge < -0.3 is 18.0 Å². The Bertz CT molecular complexity index is 210. The molecule has 0 unspecified atom stereocenters. The van der Waals surface area contributed by atoms with Gasteiger partial charge in [-0.25, -0.2) is 0 Å². The first-order valence-corrected chi connectivity index (χ1v) is 7.66. The van der Waals surface area contributed by atoms with Crippen LogP contribution in [0.3, 0.4) is 0 Å². The summed E-state index contributed by atoms with van der Waals surface area (Å²) < 4.78 is 21.4. The van der Waals surface area contributed by atoms with Crippen molar-refractivity contribution in [3.05, 3.63) is 10.3 Å². The molecule has 1 aliphatic rings. The van der Waals surface area contributed by atoms with Crippen molar-refractivity contribution in [1.29, 1.82) is 0 Å². The van der Waals surface area contributed by atoms with Crippen molar-refractivity contribution in [3.63, 3.8) is 0 Å². The normalized spacial score (nSPS) is 15.3. The van der Waals surface area contributed by atoms with Gasteiger partial charge in [0.05, 0.1) is 6.61 Å². The molecule has 0 amide bonds. The second-order valence-electron chi connectivity index (χ2n) is 3.15. The maximum absolute atomic E-state index is 5.45. The largest absolute Gasteiger partial charge is 0.500 e. The average Bonchev–Trinajstić information content (AvgIpc) is 3.08. The van der Waals surface area contributed by atoms with Gasteiger partial charge in [0, 0.05) is 38.9 Å². The number of hydrogen-bond donors (Lipinski definition) is 0. The zero-order chi connectivity index (χ0) is 11.1. The van der Waals surface area contributed by atoms with Crippen LogP contribution in [-0.4, -0.2) is 43.3 Å². The predicted molar refractivity (Wildman–Crippen MR) is 62.7 cm³/mol. The van der Waals surface area contributed by atoms with Crippen LogP contribution in [0.4, 0.5) is 0 Å². The minimum Gasteiger partial charge on any atom is -0.377 e. The van der Waals surface area contributed by atoms with Gasteiger partial charge in [-0.2, -0.15) is 0 Å². The third kappa shape index (κ3) is 4.67. The van der Waals surface area contributed by atoms with E-state index in [4.69, 9.17) is 18.0 Å². The zero-order valence-corrected chi connectivity index (χ0v) is 11.3. The van der Waals surface area contributed by atoms with E-state index in [0.29, 0.717) is 0 Å². The number of ether oxygens (including phenoxy) is 1. The van der Waals surface area contributed by atoms with Crippen LogP contribution in [0, 0.1) is 0 Å². The smallest absolute Gasteiger partial charge is 0.377 e. The third-order valence-corrected chi connectivity index (χ3v) is 5.75. The van der Waals surface area contributed by atoms with Crippen molar-refractivity contribution in [2.24, 2.45) is 0 Å². The lowest BCUT2D eigenvalue weighted by molar-refractivity contribution is 0.113. The van der Waals surface area contributed by atoms with Crippen LogP contribution >= 0.6 is 11.8 Å². The average molecular weight is 250 g/mol. The van der Waals surface area contributed by atoms with Crippen molar-refractivity contribution in [2.45, 2.75) is 12.5 Å². The molecule has 0 fully saturated rings. The highest BCUT2D eigenvalue weighted by Gasteiger charge is 2.36. The molecule has 0 aliphatic carbocycles. The Hall–Kier alpha value is 0.147. The first-order valence-electron chi connectivity index (χ1n) is 4.85. The molecule has 1 rings (SSSR count). The molecule has 0 spiro atoms. The van der Waals surface area contributed by atoms with Crippen molar-refractivity contribution in [2.75, 3.05) is 34.5 Å². The van der Waals surface area contributed by atoms with Crippen molar-refractivity contribution < 1.29 is 18.0 Å². The standard InChI is InChI=1S/C9H18O4SSi/c1-10-15(11-2,12-3)6-4-5-13-7-9-8-14-9/h8H,4-7H2,1-3H3. The fourth-order valence-corrected chi connectivity index (χ4v) is 3.22. The van der Waals surface area contributed by atoms with E-state index >= 15 is 0 Å². The minimum absolute atomic E-state index is 0.725. The Morgan fingerprint density at radius 2 is 1.80 bits per heavy atom. The molecule has 0 saturated carbocycles. The van der Waals surface area contributed by atoms with Crippen molar-refractivity contribution in [3.8, 4) is 0 Å². The van der Waals surface area contributed by atoms with E-state index in [-0.39, 0.29) is 0 Å². The number of thioether (sulfide) groups is 1. The Morgan fingerprint density at radius 3 is 2.27 bits per heavy atom. The van der Waals surface area contributed by atoms with E-state index in [0.717, 1.165) is 25.7 Å². The highest BCUT2D eigenvalue weighted by molar-refractivity contribution is 8.12. The fourth-order valence-electron chi connectivity index (χ4n) is 1.23. The first kappa shape index (κ1) is 13.2. The molecule has 0 aromatic rings. The Balaban J connectivity index is 2.06. The Labute approximate surface area is 96.3 Å². The second-order valence-corrected chi connectivity index (χ2v) is 7.24. The van der Waals surface area contributed by atoms with E-state index in [1.165, 1.54) is 4.91 Å². The van der Waals surface area contributed by atoms with E-state index in [1.54, 1.807) is 33.1 Å². The third-order valence-electron chi connectivity index (χ3n) is 2.23. The summed E-state index contributed by atoms with van der Waals surface area (Å²) in [7, 11) is 2.51. The molecule has 1 heterocycles. The molecular weight excluding hydrogens is 232 g/mol. The maximum Gasteiger partial charge on any atom is 0.500 e. The maximum atomic E-state index is 5.45. The number of rotatable bonds is 9. The van der Waals surface area contributed by atoms with Crippen LogP contribution < -0.4 is 0 Å². The summed E-state index contributed by atoms with van der Waals surface area (Å²) in [5.41, 5.74) is 0. The molecule has 0 atom stereocenters. The molecule has 88 valence electrons. The highest BCUT2D eigenvalue weighted by atomic mass is 32.2. The quantitative estimate of drug-likeness (QED) is 0.461. The van der Waals surface area contributed by atoms with Gasteiger partial charge in [0.25, 0.3) is 0 Å². The second kappa shape index (κ2) is 6.67. The minimum atomic E-state index is -2.38. The molecule has 0 saturated heterocycles. The molecule has 0 aromatic heterocycles. The van der Waals surface area contributed by atoms with Crippen LogP contribution in [0.15, 0.2) is 10.3 Å². The molecule has 0 N–H and O–H groups in total. The lowest BCUT2D eigenvalue weighted by Gasteiger charge is -2.24. The summed E-state index contributed by atoms with van der Waals surface area (Å²) in [5.74, 6) is 0. The van der Waals surface area contributed by atoms with Gasteiger partial charge in [-0.05, 0) is 11.8 Å². The van der Waals surface area contributed by atoms with Crippen LogP contribution in [-0.2, 0) is 18.0 Å². The summed E-state index contributed by atoms with van der Waals surface area (Å²) in [6.07, 6.45) is 0.902. The van der Waals surface area contributed by atoms with Crippen molar-refractivity contribution >= 4 is 20.6 Å². The molecule has 0 aromatic carbocycles. The molecule has 0 bridgehead atoms. The van der Waals surface area contributed by atoms with Crippen LogP contribution in [0.5, 0.6) is 0 Å². The Morgan fingerprint density at radius 1 is 1.20 bits per heavy atom. The van der Waals surface area contributed by atoms with Crippen LogP contribution in [0.2, 0.25) is 6.04 Å². The molecule has 6 heteroatoms. The lowest BCUT2D eigenvalue weighted by atomic mass is 10.5. The monoisotopic (exact) mass is 250 g/mol. The van der Waals surface area contributed by atoms with E-state index in [9.17, 15) is 0 Å².